The number of hydrogen-bond donors (Lipinski definition) is 1. The van der Waals surface area contributed by atoms with Crippen molar-refractivity contribution in [2.24, 2.45) is 0 Å². The Balaban J connectivity index is 2.09. The summed E-state index contributed by atoms with van der Waals surface area (Å²) in [6, 6.07) is 14.4. The zero-order valence-corrected chi connectivity index (χ0v) is 14.5. The third-order valence-corrected chi connectivity index (χ3v) is 5.29. The molecule has 2 rings (SSSR count). The maximum absolute atomic E-state index is 12.1. The van der Waals surface area contributed by atoms with Crippen molar-refractivity contribution in [3.8, 4) is 0 Å². The molecule has 0 fully saturated rings. The average molecular weight is 419 g/mol. The number of rotatable bonds is 5. The van der Waals surface area contributed by atoms with Gasteiger partial charge in [-0.3, -0.25) is 0 Å². The second-order valence-electron chi connectivity index (χ2n) is 4.23. The van der Waals surface area contributed by atoms with Crippen molar-refractivity contribution < 1.29 is 8.42 Å². The lowest BCUT2D eigenvalue weighted by Crippen LogP contribution is -2.23. The summed E-state index contributed by atoms with van der Waals surface area (Å²) in [6.07, 6.45) is 0. The Labute approximate surface area is 135 Å². The summed E-state index contributed by atoms with van der Waals surface area (Å²) in [5.41, 5.74) is 2.08. The predicted molar refractivity (Wildman–Crippen MR) is 87.2 cm³/mol. The van der Waals surface area contributed by atoms with Gasteiger partial charge in [0.2, 0.25) is 10.0 Å². The Hall–Kier alpha value is -0.690. The van der Waals surface area contributed by atoms with Crippen LogP contribution in [0.2, 0.25) is 0 Å². The molecule has 106 valence electrons. The SMILES string of the molecule is O=S(=O)(NCc1ccc(CBr)cc1)c1cccc(Br)c1. The van der Waals surface area contributed by atoms with Crippen LogP contribution in [0.3, 0.4) is 0 Å². The molecule has 0 aliphatic carbocycles. The fourth-order valence-electron chi connectivity index (χ4n) is 1.64. The first kappa shape index (κ1) is 15.7. The van der Waals surface area contributed by atoms with Crippen LogP contribution in [-0.2, 0) is 21.9 Å². The summed E-state index contributed by atoms with van der Waals surface area (Å²) < 4.78 is 27.6. The molecule has 3 nitrogen and oxygen atoms in total. The molecule has 2 aromatic rings. The highest BCUT2D eigenvalue weighted by Crippen LogP contribution is 2.16. The summed E-state index contributed by atoms with van der Waals surface area (Å²) in [4.78, 5) is 0.254. The maximum atomic E-state index is 12.1. The van der Waals surface area contributed by atoms with Crippen LogP contribution in [0.1, 0.15) is 11.1 Å². The highest BCUT2D eigenvalue weighted by molar-refractivity contribution is 9.10. The Morgan fingerprint density at radius 2 is 1.65 bits per heavy atom. The molecule has 6 heteroatoms. The summed E-state index contributed by atoms with van der Waals surface area (Å²) in [6.45, 7) is 0.275. The van der Waals surface area contributed by atoms with Gasteiger partial charge < -0.3 is 0 Å². The molecule has 0 saturated heterocycles. The van der Waals surface area contributed by atoms with Gasteiger partial charge in [0.05, 0.1) is 4.90 Å². The lowest BCUT2D eigenvalue weighted by molar-refractivity contribution is 0.581. The summed E-state index contributed by atoms with van der Waals surface area (Å²) in [5.74, 6) is 0. The van der Waals surface area contributed by atoms with Crippen LogP contribution in [0.4, 0.5) is 0 Å². The number of benzene rings is 2. The number of hydrogen-bond acceptors (Lipinski definition) is 2. The fourth-order valence-corrected chi connectivity index (χ4v) is 3.63. The molecule has 0 aromatic heterocycles. The van der Waals surface area contributed by atoms with Crippen molar-refractivity contribution in [3.63, 3.8) is 0 Å². The zero-order chi connectivity index (χ0) is 14.6. The number of halogens is 2. The smallest absolute Gasteiger partial charge is 0.207 e. The highest BCUT2D eigenvalue weighted by atomic mass is 79.9. The molecule has 0 radical (unpaired) electrons. The molecule has 0 unspecified atom stereocenters. The van der Waals surface area contributed by atoms with Crippen LogP contribution < -0.4 is 4.72 Å². The third kappa shape index (κ3) is 4.15. The molecule has 1 N–H and O–H groups in total. The quantitative estimate of drug-likeness (QED) is 0.750. The molecule has 0 spiro atoms. The van der Waals surface area contributed by atoms with Crippen molar-refractivity contribution in [1.82, 2.24) is 4.72 Å². The van der Waals surface area contributed by atoms with E-state index < -0.39 is 10.0 Å². The monoisotopic (exact) mass is 417 g/mol. The Morgan fingerprint density at radius 1 is 1.00 bits per heavy atom. The van der Waals surface area contributed by atoms with E-state index in [1.807, 2.05) is 24.3 Å². The molecule has 0 amide bonds. The molecule has 0 aliphatic rings. The van der Waals surface area contributed by atoms with Crippen LogP contribution in [0, 0.1) is 0 Å². The van der Waals surface area contributed by atoms with Gasteiger partial charge in [-0.15, -0.1) is 0 Å². The van der Waals surface area contributed by atoms with Gasteiger partial charge in [-0.2, -0.15) is 0 Å². The van der Waals surface area contributed by atoms with Gasteiger partial charge in [-0.1, -0.05) is 62.2 Å². The highest BCUT2D eigenvalue weighted by Gasteiger charge is 2.13. The van der Waals surface area contributed by atoms with E-state index >= 15 is 0 Å². The van der Waals surface area contributed by atoms with Crippen LogP contribution in [0.15, 0.2) is 57.9 Å². The van der Waals surface area contributed by atoms with E-state index in [4.69, 9.17) is 0 Å². The van der Waals surface area contributed by atoms with Gasteiger partial charge >= 0.3 is 0 Å². The Morgan fingerprint density at radius 3 is 2.25 bits per heavy atom. The van der Waals surface area contributed by atoms with Crippen LogP contribution >= 0.6 is 31.9 Å². The zero-order valence-electron chi connectivity index (χ0n) is 10.5. The van der Waals surface area contributed by atoms with Gasteiger partial charge in [-0.25, -0.2) is 13.1 Å². The molecule has 0 aliphatic heterocycles. The third-order valence-electron chi connectivity index (χ3n) is 2.75. The fraction of sp³-hybridized carbons (Fsp3) is 0.143. The minimum atomic E-state index is -3.49. The number of sulfonamides is 1. The van der Waals surface area contributed by atoms with Crippen LogP contribution in [-0.4, -0.2) is 8.42 Å². The van der Waals surface area contributed by atoms with Crippen molar-refractivity contribution in [1.29, 1.82) is 0 Å². The molecule has 0 atom stereocenters. The molecule has 0 heterocycles. The van der Waals surface area contributed by atoms with Gasteiger partial charge in [0.1, 0.15) is 0 Å². The first-order chi connectivity index (χ1) is 9.51. The second kappa shape index (κ2) is 6.85. The minimum absolute atomic E-state index is 0.254. The second-order valence-corrected chi connectivity index (χ2v) is 7.48. The predicted octanol–water partition coefficient (Wildman–Crippen LogP) is 3.82. The lowest BCUT2D eigenvalue weighted by atomic mass is 10.2. The standard InChI is InChI=1S/C14H13Br2NO2S/c15-9-11-4-6-12(7-5-11)10-17-20(18,19)14-3-1-2-13(16)8-14/h1-8,17H,9-10H2. The van der Waals surface area contributed by atoms with E-state index in [0.29, 0.717) is 0 Å². The van der Waals surface area contributed by atoms with Crippen molar-refractivity contribution in [2.75, 3.05) is 0 Å². The Kier molecular flexibility index (Phi) is 5.37. The Bertz CT molecular complexity index is 685. The summed E-state index contributed by atoms with van der Waals surface area (Å²) in [7, 11) is -3.49. The average Bonchev–Trinajstić information content (AvgIpc) is 2.46. The minimum Gasteiger partial charge on any atom is -0.207 e. The van der Waals surface area contributed by atoms with E-state index in [1.54, 1.807) is 24.3 Å². The van der Waals surface area contributed by atoms with Gasteiger partial charge in [0.15, 0.2) is 0 Å². The molecule has 0 bridgehead atoms. The number of alkyl halides is 1. The number of nitrogens with one attached hydrogen (secondary N) is 1. The molecular weight excluding hydrogens is 406 g/mol. The molecular formula is C14H13Br2NO2S. The van der Waals surface area contributed by atoms with Crippen LogP contribution in [0.5, 0.6) is 0 Å². The van der Waals surface area contributed by atoms with E-state index in [-0.39, 0.29) is 11.4 Å². The lowest BCUT2D eigenvalue weighted by Gasteiger charge is -2.07. The first-order valence-corrected chi connectivity index (χ1v) is 9.30. The van der Waals surface area contributed by atoms with E-state index in [9.17, 15) is 8.42 Å². The van der Waals surface area contributed by atoms with Crippen LogP contribution in [0.25, 0.3) is 0 Å². The molecule has 20 heavy (non-hydrogen) atoms. The van der Waals surface area contributed by atoms with E-state index in [0.717, 1.165) is 20.9 Å². The van der Waals surface area contributed by atoms with Crippen molar-refractivity contribution in [3.05, 3.63) is 64.1 Å². The van der Waals surface area contributed by atoms with Crippen molar-refractivity contribution >= 4 is 41.9 Å². The van der Waals surface area contributed by atoms with E-state index in [2.05, 4.69) is 36.6 Å². The van der Waals surface area contributed by atoms with Gasteiger partial charge in [0.25, 0.3) is 0 Å². The normalized spacial score (nSPS) is 11.5. The molecule has 0 saturated carbocycles. The first-order valence-electron chi connectivity index (χ1n) is 5.90. The summed E-state index contributed by atoms with van der Waals surface area (Å²) >= 11 is 6.64. The van der Waals surface area contributed by atoms with Crippen molar-refractivity contribution in [2.45, 2.75) is 16.8 Å². The van der Waals surface area contributed by atoms with Gasteiger partial charge in [0, 0.05) is 16.3 Å². The largest absolute Gasteiger partial charge is 0.240 e. The van der Waals surface area contributed by atoms with E-state index in [1.165, 1.54) is 0 Å². The molecule has 2 aromatic carbocycles. The van der Waals surface area contributed by atoms with Gasteiger partial charge in [-0.05, 0) is 29.3 Å². The summed E-state index contributed by atoms with van der Waals surface area (Å²) in [5, 5.41) is 0.789. The topological polar surface area (TPSA) is 46.2 Å². The maximum Gasteiger partial charge on any atom is 0.240 e.